The summed E-state index contributed by atoms with van der Waals surface area (Å²) < 4.78 is 11.2. The van der Waals surface area contributed by atoms with Gasteiger partial charge >= 0.3 is 0 Å². The SMILES string of the molecule is c1cc2c(s1)CCCC2NCc1ccc2c(c1)OCCO2. The van der Waals surface area contributed by atoms with E-state index in [4.69, 9.17) is 9.47 Å². The Morgan fingerprint density at radius 3 is 3.00 bits per heavy atom. The normalized spacial score (nSPS) is 20.1. The van der Waals surface area contributed by atoms with Gasteiger partial charge in [0.2, 0.25) is 0 Å². The van der Waals surface area contributed by atoms with E-state index in [0.717, 1.165) is 18.0 Å². The number of thiophene rings is 1. The highest BCUT2D eigenvalue weighted by molar-refractivity contribution is 7.10. The second-order valence-electron chi connectivity index (χ2n) is 5.60. The molecule has 4 rings (SSSR count). The van der Waals surface area contributed by atoms with E-state index >= 15 is 0 Å². The largest absolute Gasteiger partial charge is 0.486 e. The van der Waals surface area contributed by atoms with Gasteiger partial charge in [-0.2, -0.15) is 0 Å². The summed E-state index contributed by atoms with van der Waals surface area (Å²) in [7, 11) is 0. The molecule has 0 saturated heterocycles. The summed E-state index contributed by atoms with van der Waals surface area (Å²) in [6.45, 7) is 2.16. The van der Waals surface area contributed by atoms with Crippen molar-refractivity contribution in [2.75, 3.05) is 13.2 Å². The number of nitrogens with one attached hydrogen (secondary N) is 1. The van der Waals surface area contributed by atoms with Crippen molar-refractivity contribution in [1.82, 2.24) is 5.32 Å². The first-order valence-corrected chi connectivity index (χ1v) is 8.46. The maximum absolute atomic E-state index is 5.65. The molecule has 110 valence electrons. The minimum Gasteiger partial charge on any atom is -0.486 e. The third-order valence-corrected chi connectivity index (χ3v) is 5.21. The molecule has 3 nitrogen and oxygen atoms in total. The molecular weight excluding hydrogens is 282 g/mol. The summed E-state index contributed by atoms with van der Waals surface area (Å²) in [5, 5.41) is 5.91. The van der Waals surface area contributed by atoms with Gasteiger partial charge in [-0.25, -0.2) is 0 Å². The van der Waals surface area contributed by atoms with E-state index in [-0.39, 0.29) is 0 Å². The van der Waals surface area contributed by atoms with Gasteiger partial charge in [0, 0.05) is 17.5 Å². The van der Waals surface area contributed by atoms with Crippen molar-refractivity contribution < 1.29 is 9.47 Å². The molecule has 2 aliphatic rings. The van der Waals surface area contributed by atoms with Crippen molar-refractivity contribution in [1.29, 1.82) is 0 Å². The molecule has 1 N–H and O–H groups in total. The summed E-state index contributed by atoms with van der Waals surface area (Å²) in [6, 6.07) is 9.01. The summed E-state index contributed by atoms with van der Waals surface area (Å²) in [4.78, 5) is 1.56. The highest BCUT2D eigenvalue weighted by atomic mass is 32.1. The zero-order valence-electron chi connectivity index (χ0n) is 11.9. The average Bonchev–Trinajstić information content (AvgIpc) is 3.02. The number of hydrogen-bond acceptors (Lipinski definition) is 4. The standard InChI is InChI=1S/C17H19NO2S/c1-2-14(13-6-9-21-17(13)3-1)18-11-12-4-5-15-16(10-12)20-8-7-19-15/h4-6,9-10,14,18H,1-3,7-8,11H2. The van der Waals surface area contributed by atoms with E-state index in [0.29, 0.717) is 19.3 Å². The summed E-state index contributed by atoms with van der Waals surface area (Å²) in [5.41, 5.74) is 2.75. The van der Waals surface area contributed by atoms with Crippen LogP contribution in [0.25, 0.3) is 0 Å². The van der Waals surface area contributed by atoms with Crippen LogP contribution >= 0.6 is 11.3 Å². The molecule has 1 aliphatic carbocycles. The molecule has 1 aromatic carbocycles. The predicted molar refractivity (Wildman–Crippen MR) is 84.3 cm³/mol. The summed E-state index contributed by atoms with van der Waals surface area (Å²) in [5.74, 6) is 1.74. The van der Waals surface area contributed by atoms with Crippen LogP contribution in [0.3, 0.4) is 0 Å². The number of benzene rings is 1. The predicted octanol–water partition coefficient (Wildman–Crippen LogP) is 3.69. The lowest BCUT2D eigenvalue weighted by Crippen LogP contribution is -2.24. The molecular formula is C17H19NO2S. The van der Waals surface area contributed by atoms with Gasteiger partial charge in [0.1, 0.15) is 13.2 Å². The molecule has 1 aromatic heterocycles. The molecule has 0 fully saturated rings. The second kappa shape index (κ2) is 5.70. The van der Waals surface area contributed by atoms with Crippen LogP contribution in [-0.4, -0.2) is 13.2 Å². The monoisotopic (exact) mass is 301 g/mol. The van der Waals surface area contributed by atoms with Gasteiger partial charge in [0.05, 0.1) is 0 Å². The van der Waals surface area contributed by atoms with Crippen LogP contribution in [0.15, 0.2) is 29.6 Å². The van der Waals surface area contributed by atoms with Crippen LogP contribution < -0.4 is 14.8 Å². The van der Waals surface area contributed by atoms with Gasteiger partial charge in [-0.1, -0.05) is 6.07 Å². The van der Waals surface area contributed by atoms with Crippen molar-refractivity contribution in [2.45, 2.75) is 31.8 Å². The van der Waals surface area contributed by atoms with Crippen LogP contribution in [0.5, 0.6) is 11.5 Å². The maximum atomic E-state index is 5.65. The van der Waals surface area contributed by atoms with E-state index in [1.54, 1.807) is 4.88 Å². The lowest BCUT2D eigenvalue weighted by atomic mass is 9.94. The molecule has 1 aliphatic heterocycles. The Kier molecular flexibility index (Phi) is 3.57. The van der Waals surface area contributed by atoms with Crippen molar-refractivity contribution in [3.8, 4) is 11.5 Å². The lowest BCUT2D eigenvalue weighted by Gasteiger charge is -2.24. The zero-order valence-corrected chi connectivity index (χ0v) is 12.7. The number of hydrogen-bond donors (Lipinski definition) is 1. The molecule has 0 spiro atoms. The van der Waals surface area contributed by atoms with Gasteiger partial charge in [-0.3, -0.25) is 0 Å². The molecule has 1 unspecified atom stereocenters. The van der Waals surface area contributed by atoms with E-state index in [9.17, 15) is 0 Å². The van der Waals surface area contributed by atoms with Gasteiger partial charge < -0.3 is 14.8 Å². The van der Waals surface area contributed by atoms with E-state index < -0.39 is 0 Å². The fourth-order valence-corrected chi connectivity index (χ4v) is 4.12. The van der Waals surface area contributed by atoms with Gasteiger partial charge in [0.15, 0.2) is 11.5 Å². The van der Waals surface area contributed by atoms with E-state index in [1.807, 2.05) is 17.4 Å². The molecule has 0 bridgehead atoms. The van der Waals surface area contributed by atoms with Crippen LogP contribution in [0.1, 0.15) is 34.9 Å². The molecule has 2 aromatic rings. The molecule has 21 heavy (non-hydrogen) atoms. The van der Waals surface area contributed by atoms with Gasteiger partial charge in [0.25, 0.3) is 0 Å². The number of aryl methyl sites for hydroxylation is 1. The first-order chi connectivity index (χ1) is 10.4. The van der Waals surface area contributed by atoms with E-state index in [1.165, 1.54) is 30.4 Å². The van der Waals surface area contributed by atoms with Crippen molar-refractivity contribution in [3.05, 3.63) is 45.6 Å². The Balaban J connectivity index is 1.46. The Morgan fingerprint density at radius 1 is 1.14 bits per heavy atom. The Hall–Kier alpha value is -1.52. The minimum atomic E-state index is 0.494. The quantitative estimate of drug-likeness (QED) is 0.938. The lowest BCUT2D eigenvalue weighted by molar-refractivity contribution is 0.171. The molecule has 0 saturated carbocycles. The maximum Gasteiger partial charge on any atom is 0.161 e. The molecule has 0 amide bonds. The van der Waals surface area contributed by atoms with Crippen molar-refractivity contribution >= 4 is 11.3 Å². The van der Waals surface area contributed by atoms with Gasteiger partial charge in [-0.15, -0.1) is 11.3 Å². The number of ether oxygens (including phenoxy) is 2. The summed E-state index contributed by atoms with van der Waals surface area (Å²) >= 11 is 1.89. The Bertz CT molecular complexity index is 637. The average molecular weight is 301 g/mol. The molecule has 1 atom stereocenters. The van der Waals surface area contributed by atoms with Crippen molar-refractivity contribution in [3.63, 3.8) is 0 Å². The highest BCUT2D eigenvalue weighted by Crippen LogP contribution is 2.34. The first-order valence-electron chi connectivity index (χ1n) is 7.58. The third kappa shape index (κ3) is 2.65. The number of rotatable bonds is 3. The molecule has 4 heteroatoms. The Labute approximate surface area is 128 Å². The number of fused-ring (bicyclic) bond motifs is 2. The first kappa shape index (κ1) is 13.2. The van der Waals surface area contributed by atoms with Gasteiger partial charge in [-0.05, 0) is 54.0 Å². The minimum absolute atomic E-state index is 0.494. The molecule has 2 heterocycles. The van der Waals surface area contributed by atoms with Crippen LogP contribution in [0.2, 0.25) is 0 Å². The van der Waals surface area contributed by atoms with Crippen LogP contribution in [-0.2, 0) is 13.0 Å². The Morgan fingerprint density at radius 2 is 2.05 bits per heavy atom. The fourth-order valence-electron chi connectivity index (χ4n) is 3.14. The summed E-state index contributed by atoms with van der Waals surface area (Å²) in [6.07, 6.45) is 3.76. The third-order valence-electron chi connectivity index (χ3n) is 4.21. The fraction of sp³-hybridized carbons (Fsp3) is 0.412. The molecule has 0 radical (unpaired) electrons. The topological polar surface area (TPSA) is 30.5 Å². The highest BCUT2D eigenvalue weighted by Gasteiger charge is 2.20. The van der Waals surface area contributed by atoms with Crippen LogP contribution in [0, 0.1) is 0 Å². The van der Waals surface area contributed by atoms with Crippen LogP contribution in [0.4, 0.5) is 0 Å². The second-order valence-corrected chi connectivity index (χ2v) is 6.60. The smallest absolute Gasteiger partial charge is 0.161 e. The van der Waals surface area contributed by atoms with E-state index in [2.05, 4.69) is 28.9 Å². The van der Waals surface area contributed by atoms with Crippen molar-refractivity contribution in [2.24, 2.45) is 0 Å². The zero-order chi connectivity index (χ0) is 14.1.